The van der Waals surface area contributed by atoms with Gasteiger partial charge in [-0.25, -0.2) is 0 Å². The van der Waals surface area contributed by atoms with E-state index >= 15 is 0 Å². The molecule has 1 amide bonds. The minimum Gasteiger partial charge on any atom is -0.493 e. The number of nitrogens with one attached hydrogen (secondary N) is 1. The molecule has 28 heavy (non-hydrogen) atoms. The van der Waals surface area contributed by atoms with Gasteiger partial charge in [-0.05, 0) is 54.2 Å². The molecule has 0 radical (unpaired) electrons. The van der Waals surface area contributed by atoms with Crippen molar-refractivity contribution in [1.82, 2.24) is 4.98 Å². The van der Waals surface area contributed by atoms with Gasteiger partial charge in [0.15, 0.2) is 12.3 Å². The fourth-order valence-corrected chi connectivity index (χ4v) is 3.05. The van der Waals surface area contributed by atoms with Crippen molar-refractivity contribution in [2.24, 2.45) is 10.2 Å². The maximum Gasteiger partial charge on any atom is 0.302 e. The summed E-state index contributed by atoms with van der Waals surface area (Å²) in [5.74, 6) is 0.336. The molecule has 0 atom stereocenters. The van der Waals surface area contributed by atoms with Crippen LogP contribution in [0.15, 0.2) is 46.6 Å². The lowest BCUT2D eigenvalue weighted by atomic mass is 10.0. The number of H-pyrrole nitrogens is 1. The number of carbonyl (C=O) groups is 1. The van der Waals surface area contributed by atoms with E-state index in [-0.39, 0.29) is 24.1 Å². The molecule has 0 aliphatic heterocycles. The highest BCUT2D eigenvalue weighted by molar-refractivity contribution is 5.95. The van der Waals surface area contributed by atoms with E-state index in [4.69, 9.17) is 4.74 Å². The Morgan fingerprint density at radius 2 is 2.00 bits per heavy atom. The zero-order valence-electron chi connectivity index (χ0n) is 16.6. The van der Waals surface area contributed by atoms with Gasteiger partial charge in [-0.2, -0.15) is 0 Å². The lowest BCUT2D eigenvalue weighted by Crippen LogP contribution is -2.09. The molecular formula is C22H25N3O3. The summed E-state index contributed by atoms with van der Waals surface area (Å²) < 4.78 is 5.69. The van der Waals surface area contributed by atoms with Gasteiger partial charge in [0, 0.05) is 5.39 Å². The second-order valence-electron chi connectivity index (χ2n) is 7.13. The normalized spacial score (nSPS) is 11.6. The fourth-order valence-electron chi connectivity index (χ4n) is 3.05. The number of nitrogens with zero attached hydrogens (tertiary/aromatic N) is 2. The number of aromatic nitrogens is 1. The highest BCUT2D eigenvalue weighted by Crippen LogP contribution is 2.36. The lowest BCUT2D eigenvalue weighted by Gasteiger charge is -2.13. The molecule has 0 spiro atoms. The summed E-state index contributed by atoms with van der Waals surface area (Å²) in [5.41, 5.74) is 4.21. The number of carbonyl (C=O) groups excluding carboxylic acids is 1. The zero-order valence-corrected chi connectivity index (χ0v) is 16.6. The minimum atomic E-state index is -0.517. The molecule has 0 aliphatic rings. The Balaban J connectivity index is 1.76. The van der Waals surface area contributed by atoms with Crippen molar-refractivity contribution >= 4 is 22.5 Å². The first-order chi connectivity index (χ1) is 13.4. The largest absolute Gasteiger partial charge is 0.493 e. The van der Waals surface area contributed by atoms with Crippen LogP contribution in [0.3, 0.4) is 0 Å². The van der Waals surface area contributed by atoms with Gasteiger partial charge in [0.05, 0.1) is 5.52 Å². The quantitative estimate of drug-likeness (QED) is 0.550. The van der Waals surface area contributed by atoms with Crippen molar-refractivity contribution in [3.05, 3.63) is 53.1 Å². The Morgan fingerprint density at radius 3 is 2.71 bits per heavy atom. The predicted octanol–water partition coefficient (Wildman–Crippen LogP) is 5.56. The van der Waals surface area contributed by atoms with E-state index in [2.05, 4.69) is 29.1 Å². The van der Waals surface area contributed by atoms with Crippen molar-refractivity contribution in [2.45, 2.75) is 40.0 Å². The number of ether oxygens (including phenoxy) is 1. The number of azo groups is 1. The van der Waals surface area contributed by atoms with Gasteiger partial charge in [0.25, 0.3) is 0 Å². The second-order valence-corrected chi connectivity index (χ2v) is 7.13. The van der Waals surface area contributed by atoms with Crippen LogP contribution in [0.1, 0.15) is 43.4 Å². The molecule has 1 aromatic heterocycles. The van der Waals surface area contributed by atoms with E-state index in [1.807, 2.05) is 50.2 Å². The lowest BCUT2D eigenvalue weighted by molar-refractivity contribution is -0.120. The molecule has 0 saturated carbocycles. The maximum atomic E-state index is 12.2. The number of aryl methyl sites for hydroxylation is 2. The van der Waals surface area contributed by atoms with Crippen LogP contribution < -0.4 is 4.74 Å². The number of fused-ring (bicyclic) bond motifs is 1. The van der Waals surface area contributed by atoms with E-state index in [9.17, 15) is 9.90 Å². The molecule has 1 heterocycles. The standard InChI is InChI=1S/C22H25N3O3/c1-5-15-7-9-18-17(11-15)21(22(27)23-18)25-24-20(26)12-28-19-10-14(4)6-8-16(19)13(2)3/h6-11,13,23,27H,5,12H2,1-4H3. The third-order valence-corrected chi connectivity index (χ3v) is 4.63. The molecule has 0 saturated heterocycles. The molecule has 6 nitrogen and oxygen atoms in total. The molecular weight excluding hydrogens is 354 g/mol. The molecule has 6 heteroatoms. The van der Waals surface area contributed by atoms with Gasteiger partial charge >= 0.3 is 5.91 Å². The number of hydrogen-bond donors (Lipinski definition) is 2. The van der Waals surface area contributed by atoms with Crippen LogP contribution in [0, 0.1) is 6.92 Å². The number of aromatic hydroxyl groups is 1. The maximum absolute atomic E-state index is 12.2. The van der Waals surface area contributed by atoms with Crippen LogP contribution in [-0.4, -0.2) is 22.6 Å². The van der Waals surface area contributed by atoms with E-state index in [0.717, 1.165) is 34.0 Å². The van der Waals surface area contributed by atoms with Crippen molar-refractivity contribution in [3.8, 4) is 11.6 Å². The number of hydrogen-bond acceptors (Lipinski definition) is 4. The average Bonchev–Trinajstić information content (AvgIpc) is 2.98. The topological polar surface area (TPSA) is 87.0 Å². The first-order valence-corrected chi connectivity index (χ1v) is 9.40. The Hall–Kier alpha value is -3.15. The molecule has 0 bridgehead atoms. The van der Waals surface area contributed by atoms with Crippen LogP contribution in [0.25, 0.3) is 10.9 Å². The molecule has 0 fully saturated rings. The summed E-state index contributed by atoms with van der Waals surface area (Å²) in [5, 5.41) is 18.5. The molecule has 2 N–H and O–H groups in total. The van der Waals surface area contributed by atoms with E-state index in [1.165, 1.54) is 0 Å². The Bertz CT molecular complexity index is 1030. The SMILES string of the molecule is CCc1ccc2[nH]c(O)c(N=NC(=O)COc3cc(C)ccc3C(C)C)c2c1. The van der Waals surface area contributed by atoms with Crippen LogP contribution in [0.4, 0.5) is 5.69 Å². The van der Waals surface area contributed by atoms with Gasteiger partial charge in [0.1, 0.15) is 5.75 Å². The Labute approximate surface area is 164 Å². The summed E-state index contributed by atoms with van der Waals surface area (Å²) in [7, 11) is 0. The average molecular weight is 379 g/mol. The summed E-state index contributed by atoms with van der Waals surface area (Å²) in [6.07, 6.45) is 0.861. The van der Waals surface area contributed by atoms with Crippen molar-refractivity contribution in [2.75, 3.05) is 6.61 Å². The van der Waals surface area contributed by atoms with Crippen molar-refractivity contribution < 1.29 is 14.6 Å². The van der Waals surface area contributed by atoms with Crippen LogP contribution >= 0.6 is 0 Å². The van der Waals surface area contributed by atoms with Crippen molar-refractivity contribution in [1.29, 1.82) is 0 Å². The number of benzene rings is 2. The molecule has 0 unspecified atom stereocenters. The second kappa shape index (κ2) is 8.25. The van der Waals surface area contributed by atoms with Gasteiger partial charge < -0.3 is 14.8 Å². The monoisotopic (exact) mass is 379 g/mol. The van der Waals surface area contributed by atoms with E-state index in [0.29, 0.717) is 5.75 Å². The fraction of sp³-hybridized carbons (Fsp3) is 0.318. The third kappa shape index (κ3) is 4.22. The molecule has 0 aliphatic carbocycles. The molecule has 3 rings (SSSR count). The van der Waals surface area contributed by atoms with Crippen LogP contribution in [0.2, 0.25) is 0 Å². The highest BCUT2D eigenvalue weighted by atomic mass is 16.5. The van der Waals surface area contributed by atoms with Gasteiger partial charge in [-0.15, -0.1) is 10.2 Å². The first kappa shape index (κ1) is 19.6. The Kier molecular flexibility index (Phi) is 5.78. The number of rotatable bonds is 6. The summed E-state index contributed by atoms with van der Waals surface area (Å²) in [4.78, 5) is 15.0. The Morgan fingerprint density at radius 1 is 1.21 bits per heavy atom. The van der Waals surface area contributed by atoms with Gasteiger partial charge in [-0.3, -0.25) is 4.79 Å². The number of amides is 1. The van der Waals surface area contributed by atoms with E-state index in [1.54, 1.807) is 0 Å². The first-order valence-electron chi connectivity index (χ1n) is 9.40. The van der Waals surface area contributed by atoms with Gasteiger partial charge in [0.2, 0.25) is 5.88 Å². The molecule has 146 valence electrons. The third-order valence-electron chi connectivity index (χ3n) is 4.63. The smallest absolute Gasteiger partial charge is 0.302 e. The highest BCUT2D eigenvalue weighted by Gasteiger charge is 2.13. The van der Waals surface area contributed by atoms with E-state index < -0.39 is 5.91 Å². The van der Waals surface area contributed by atoms with Gasteiger partial charge in [-0.1, -0.05) is 39.0 Å². The summed E-state index contributed by atoms with van der Waals surface area (Å²) in [6, 6.07) is 11.7. The van der Waals surface area contributed by atoms with Crippen molar-refractivity contribution in [3.63, 3.8) is 0 Å². The van der Waals surface area contributed by atoms with Crippen LogP contribution in [-0.2, 0) is 11.2 Å². The number of aromatic amines is 1. The minimum absolute atomic E-state index is 0.110. The molecule has 2 aromatic carbocycles. The summed E-state index contributed by atoms with van der Waals surface area (Å²) >= 11 is 0. The van der Waals surface area contributed by atoms with Crippen LogP contribution in [0.5, 0.6) is 11.6 Å². The zero-order chi connectivity index (χ0) is 20.3. The summed E-state index contributed by atoms with van der Waals surface area (Å²) in [6.45, 7) is 7.96. The predicted molar refractivity (Wildman–Crippen MR) is 110 cm³/mol. The molecule has 3 aromatic rings.